The summed E-state index contributed by atoms with van der Waals surface area (Å²) in [6.45, 7) is 1.64. The van der Waals surface area contributed by atoms with E-state index in [1.165, 1.54) is 22.1 Å². The van der Waals surface area contributed by atoms with E-state index >= 15 is 0 Å². The largest absolute Gasteiger partial charge is 0.297 e. The van der Waals surface area contributed by atoms with Crippen molar-refractivity contribution in [2.45, 2.75) is 0 Å². The Morgan fingerprint density at radius 1 is 1.50 bits per heavy atom. The summed E-state index contributed by atoms with van der Waals surface area (Å²) in [6.07, 6.45) is 0. The van der Waals surface area contributed by atoms with Crippen molar-refractivity contribution in [2.75, 3.05) is 13.1 Å². The monoisotopic (exact) mass is 269 g/mol. The lowest BCUT2D eigenvalue weighted by Crippen LogP contribution is -2.25. The lowest BCUT2D eigenvalue weighted by atomic mass is 10.4. The summed E-state index contributed by atoms with van der Waals surface area (Å²) in [6, 6.07) is 3.65. The number of hydrogen-bond donors (Lipinski definition) is 0. The molecule has 0 aromatic carbocycles. The Balaban J connectivity index is 1.83. The fourth-order valence-electron chi connectivity index (χ4n) is 1.42. The van der Waals surface area contributed by atoms with E-state index in [2.05, 4.69) is 9.98 Å². The van der Waals surface area contributed by atoms with Gasteiger partial charge < -0.3 is 0 Å². The van der Waals surface area contributed by atoms with Crippen LogP contribution in [0.4, 0.5) is 0 Å². The Kier molecular flexibility index (Phi) is 2.74. The molecule has 0 atom stereocenters. The van der Waals surface area contributed by atoms with Crippen molar-refractivity contribution in [3.63, 3.8) is 0 Å². The molecule has 0 bridgehead atoms. The third-order valence-electron chi connectivity index (χ3n) is 2.15. The zero-order valence-corrected chi connectivity index (χ0v) is 10.6. The van der Waals surface area contributed by atoms with Crippen molar-refractivity contribution in [3.05, 3.63) is 22.4 Å². The number of fused-ring (bicyclic) bond motifs is 1. The van der Waals surface area contributed by atoms with Crippen LogP contribution in [0.15, 0.2) is 27.5 Å². The van der Waals surface area contributed by atoms with E-state index < -0.39 is 0 Å². The van der Waals surface area contributed by atoms with Crippen LogP contribution in [0.2, 0.25) is 0 Å². The minimum Gasteiger partial charge on any atom is -0.297 e. The quantitative estimate of drug-likeness (QED) is 0.734. The Morgan fingerprint density at radius 3 is 3.25 bits per heavy atom. The Morgan fingerprint density at radius 2 is 2.44 bits per heavy atom. The van der Waals surface area contributed by atoms with Gasteiger partial charge in [-0.25, -0.2) is 0 Å². The molecule has 1 fully saturated rings. The summed E-state index contributed by atoms with van der Waals surface area (Å²) >= 11 is 1.42. The first-order chi connectivity index (χ1) is 7.84. The predicted molar refractivity (Wildman–Crippen MR) is 70.3 cm³/mol. The summed E-state index contributed by atoms with van der Waals surface area (Å²) < 4.78 is 0. The molecule has 0 saturated carbocycles. The van der Waals surface area contributed by atoms with Crippen LogP contribution in [-0.2, 0) is 0 Å². The summed E-state index contributed by atoms with van der Waals surface area (Å²) in [4.78, 5) is 22.9. The van der Waals surface area contributed by atoms with E-state index in [1.54, 1.807) is 16.9 Å². The van der Waals surface area contributed by atoms with E-state index in [1.807, 2.05) is 16.3 Å². The maximum atomic E-state index is 11.8. The first-order valence-corrected chi connectivity index (χ1v) is 7.70. The lowest BCUT2D eigenvalue weighted by molar-refractivity contribution is 0.101. The summed E-state index contributed by atoms with van der Waals surface area (Å²) in [5.41, 5.74) is 0. The fraction of sp³-hybridized carbons (Fsp3) is 0.222. The molecule has 1 amide bonds. The van der Waals surface area contributed by atoms with Gasteiger partial charge in [-0.2, -0.15) is 4.99 Å². The molecular weight excluding hydrogens is 262 g/mol. The third-order valence-corrected chi connectivity index (χ3v) is 5.20. The second-order valence-electron chi connectivity index (χ2n) is 3.16. The Hall–Kier alpha value is -0.790. The molecule has 3 rings (SSSR count). The topological polar surface area (TPSA) is 45.0 Å². The zero-order chi connectivity index (χ0) is 11.0. The van der Waals surface area contributed by atoms with Crippen LogP contribution in [0.25, 0.3) is 0 Å². The summed E-state index contributed by atoms with van der Waals surface area (Å²) in [5, 5.41) is 3.62. The molecule has 0 N–H and O–H groups in total. The molecule has 1 aromatic heterocycles. The molecular formula is C9H7N3OS3. The smallest absolute Gasteiger partial charge is 0.289 e. The molecule has 0 radical (unpaired) electrons. The van der Waals surface area contributed by atoms with Gasteiger partial charge in [-0.1, -0.05) is 6.07 Å². The van der Waals surface area contributed by atoms with Gasteiger partial charge in [0, 0.05) is 6.54 Å². The molecule has 1 saturated heterocycles. The van der Waals surface area contributed by atoms with Crippen molar-refractivity contribution in [3.8, 4) is 0 Å². The number of carbonyl (C=O) groups excluding carboxylic acids is 1. The van der Waals surface area contributed by atoms with E-state index in [4.69, 9.17) is 0 Å². The Bertz CT molecular complexity index is 480. The fourth-order valence-corrected chi connectivity index (χ4v) is 4.29. The van der Waals surface area contributed by atoms with Gasteiger partial charge in [0.25, 0.3) is 5.91 Å². The SMILES string of the molecule is O=C(N=C1SSC2=NCCN21)c1cccs1. The van der Waals surface area contributed by atoms with E-state index in [0.29, 0.717) is 4.88 Å². The molecule has 3 heterocycles. The molecule has 2 aliphatic heterocycles. The standard InChI is InChI=1S/C9H7N3OS3/c13-7(6-2-1-5-14-6)11-9-12-4-3-10-8(12)15-16-9/h1-2,5H,3-4H2. The van der Waals surface area contributed by atoms with Gasteiger partial charge >= 0.3 is 0 Å². The number of thiophene rings is 1. The first-order valence-electron chi connectivity index (χ1n) is 4.67. The zero-order valence-electron chi connectivity index (χ0n) is 8.12. The van der Waals surface area contributed by atoms with Gasteiger partial charge in [-0.05, 0) is 33.0 Å². The van der Waals surface area contributed by atoms with Crippen molar-refractivity contribution >= 4 is 49.2 Å². The molecule has 1 aromatic rings. The molecule has 7 heteroatoms. The van der Waals surface area contributed by atoms with Crippen molar-refractivity contribution < 1.29 is 4.79 Å². The maximum Gasteiger partial charge on any atom is 0.289 e. The Labute approximate surface area is 104 Å². The van der Waals surface area contributed by atoms with E-state index in [0.717, 1.165) is 23.4 Å². The number of nitrogens with zero attached hydrogens (tertiary/aromatic N) is 3. The summed E-state index contributed by atoms with van der Waals surface area (Å²) in [5.74, 6) is -0.161. The number of amidine groups is 2. The van der Waals surface area contributed by atoms with Crippen LogP contribution in [-0.4, -0.2) is 34.2 Å². The molecule has 16 heavy (non-hydrogen) atoms. The van der Waals surface area contributed by atoms with Crippen LogP contribution < -0.4 is 0 Å². The highest BCUT2D eigenvalue weighted by molar-refractivity contribution is 8.88. The minimum atomic E-state index is -0.161. The molecule has 0 unspecified atom stereocenters. The molecule has 0 aliphatic carbocycles. The summed E-state index contributed by atoms with van der Waals surface area (Å²) in [7, 11) is 3.08. The van der Waals surface area contributed by atoms with Gasteiger partial charge in [0.15, 0.2) is 10.3 Å². The number of carbonyl (C=O) groups is 1. The molecule has 0 spiro atoms. The number of aliphatic imine (C=N–C) groups is 2. The second kappa shape index (κ2) is 4.23. The van der Waals surface area contributed by atoms with Crippen LogP contribution >= 0.6 is 32.9 Å². The molecule has 82 valence electrons. The van der Waals surface area contributed by atoms with Gasteiger partial charge in [-0.15, -0.1) is 11.3 Å². The van der Waals surface area contributed by atoms with Gasteiger partial charge in [0.2, 0.25) is 0 Å². The molecule has 2 aliphatic rings. The van der Waals surface area contributed by atoms with E-state index in [9.17, 15) is 4.79 Å². The average molecular weight is 269 g/mol. The van der Waals surface area contributed by atoms with Gasteiger partial charge in [0.1, 0.15) is 0 Å². The van der Waals surface area contributed by atoms with Crippen LogP contribution in [0, 0.1) is 0 Å². The second-order valence-corrected chi connectivity index (χ2v) is 6.17. The number of rotatable bonds is 1. The number of hydrogen-bond acceptors (Lipinski definition) is 5. The lowest BCUT2D eigenvalue weighted by Gasteiger charge is -2.08. The van der Waals surface area contributed by atoms with Crippen LogP contribution in [0.1, 0.15) is 9.67 Å². The van der Waals surface area contributed by atoms with Crippen LogP contribution in [0.3, 0.4) is 0 Å². The minimum absolute atomic E-state index is 0.161. The highest BCUT2D eigenvalue weighted by Gasteiger charge is 2.31. The van der Waals surface area contributed by atoms with Gasteiger partial charge in [0.05, 0.1) is 11.4 Å². The highest BCUT2D eigenvalue weighted by atomic mass is 33.1. The maximum absolute atomic E-state index is 11.8. The third kappa shape index (κ3) is 1.79. The number of amides is 1. The van der Waals surface area contributed by atoms with Gasteiger partial charge in [-0.3, -0.25) is 14.7 Å². The normalized spacial score (nSPS) is 21.4. The molecule has 4 nitrogen and oxygen atoms in total. The van der Waals surface area contributed by atoms with Crippen molar-refractivity contribution in [1.29, 1.82) is 0 Å². The van der Waals surface area contributed by atoms with E-state index in [-0.39, 0.29) is 5.91 Å². The average Bonchev–Trinajstić information content (AvgIpc) is 2.94. The van der Waals surface area contributed by atoms with Crippen LogP contribution in [0.5, 0.6) is 0 Å². The van der Waals surface area contributed by atoms with Crippen molar-refractivity contribution in [1.82, 2.24) is 4.90 Å². The van der Waals surface area contributed by atoms with Crippen molar-refractivity contribution in [2.24, 2.45) is 9.98 Å². The highest BCUT2D eigenvalue weighted by Crippen LogP contribution is 2.38. The predicted octanol–water partition coefficient (Wildman–Crippen LogP) is 2.31. The first kappa shape index (κ1) is 10.4.